The van der Waals surface area contributed by atoms with E-state index in [9.17, 15) is 9.59 Å². The van der Waals surface area contributed by atoms with Gasteiger partial charge in [-0.2, -0.15) is 0 Å². The van der Waals surface area contributed by atoms with Crippen LogP contribution in [0.3, 0.4) is 0 Å². The van der Waals surface area contributed by atoms with Crippen molar-refractivity contribution in [1.82, 2.24) is 0 Å². The minimum atomic E-state index is -0.404. The Labute approximate surface area is 144 Å². The molecule has 0 spiro atoms. The molecule has 118 valence electrons. The minimum absolute atomic E-state index is 0.386. The molecule has 0 saturated carbocycles. The Bertz CT molecular complexity index is 1220. The zero-order valence-electron chi connectivity index (χ0n) is 12.6. The van der Waals surface area contributed by atoms with Gasteiger partial charge in [-0.25, -0.2) is 9.59 Å². The van der Waals surface area contributed by atoms with Crippen molar-refractivity contribution in [1.29, 1.82) is 0 Å². The van der Waals surface area contributed by atoms with Crippen LogP contribution in [0.2, 0.25) is 0 Å². The summed E-state index contributed by atoms with van der Waals surface area (Å²) in [6.45, 7) is 1.84. The fourth-order valence-electron chi connectivity index (χ4n) is 2.78. The molecule has 0 radical (unpaired) electrons. The van der Waals surface area contributed by atoms with Crippen LogP contribution in [0.15, 0.2) is 71.4 Å². The van der Waals surface area contributed by atoms with E-state index in [1.807, 2.05) is 31.2 Å². The zero-order valence-corrected chi connectivity index (χ0v) is 14.2. The van der Waals surface area contributed by atoms with Gasteiger partial charge in [-0.1, -0.05) is 22.0 Å². The molecule has 2 aromatic heterocycles. The molecule has 4 rings (SSSR count). The van der Waals surface area contributed by atoms with Gasteiger partial charge in [0.25, 0.3) is 0 Å². The lowest BCUT2D eigenvalue weighted by molar-refractivity contribution is 0.559. The van der Waals surface area contributed by atoms with E-state index in [0.29, 0.717) is 16.7 Å². The summed E-state index contributed by atoms with van der Waals surface area (Å²) in [7, 11) is 0. The Morgan fingerprint density at radius 2 is 1.67 bits per heavy atom. The lowest BCUT2D eigenvalue weighted by Gasteiger charge is -2.06. The smallest absolute Gasteiger partial charge is 0.344 e. The zero-order chi connectivity index (χ0) is 16.8. The monoisotopic (exact) mass is 382 g/mol. The van der Waals surface area contributed by atoms with Crippen LogP contribution in [0, 0.1) is 6.92 Å². The second kappa shape index (κ2) is 5.46. The minimum Gasteiger partial charge on any atom is -0.423 e. The Kier molecular flexibility index (Phi) is 3.39. The normalized spacial score (nSPS) is 11.2. The van der Waals surface area contributed by atoms with Gasteiger partial charge in [0.05, 0.1) is 5.56 Å². The molecule has 0 saturated heterocycles. The van der Waals surface area contributed by atoms with E-state index in [1.54, 1.807) is 18.2 Å². The number of aryl methyl sites for hydroxylation is 1. The Balaban J connectivity index is 2.00. The first-order valence-corrected chi connectivity index (χ1v) is 8.09. The maximum absolute atomic E-state index is 12.3. The summed E-state index contributed by atoms with van der Waals surface area (Å²) in [6.07, 6.45) is 0. The van der Waals surface area contributed by atoms with Crippen molar-refractivity contribution in [3.63, 3.8) is 0 Å². The van der Waals surface area contributed by atoms with Crippen LogP contribution in [-0.4, -0.2) is 0 Å². The Morgan fingerprint density at radius 1 is 0.875 bits per heavy atom. The van der Waals surface area contributed by atoms with E-state index in [0.717, 1.165) is 26.4 Å². The van der Waals surface area contributed by atoms with Crippen molar-refractivity contribution in [2.75, 3.05) is 0 Å². The molecule has 0 aliphatic carbocycles. The van der Waals surface area contributed by atoms with E-state index in [2.05, 4.69) is 15.9 Å². The second-order valence-corrected chi connectivity index (χ2v) is 6.50. The highest BCUT2D eigenvalue weighted by molar-refractivity contribution is 9.10. The number of hydrogen-bond donors (Lipinski definition) is 0. The van der Waals surface area contributed by atoms with Crippen molar-refractivity contribution in [2.24, 2.45) is 0 Å². The number of rotatable bonds is 1. The number of fused-ring (bicyclic) bond motifs is 2. The summed E-state index contributed by atoms with van der Waals surface area (Å²) >= 11 is 3.42. The van der Waals surface area contributed by atoms with E-state index in [1.165, 1.54) is 6.07 Å². The number of halogens is 1. The molecule has 0 unspecified atom stereocenters. The van der Waals surface area contributed by atoms with E-state index in [4.69, 9.17) is 8.83 Å². The van der Waals surface area contributed by atoms with Gasteiger partial charge in [-0.05, 0) is 54.4 Å². The van der Waals surface area contributed by atoms with Crippen molar-refractivity contribution < 1.29 is 8.83 Å². The van der Waals surface area contributed by atoms with Gasteiger partial charge in [0.15, 0.2) is 0 Å². The highest BCUT2D eigenvalue weighted by Crippen LogP contribution is 2.27. The second-order valence-electron chi connectivity index (χ2n) is 5.59. The van der Waals surface area contributed by atoms with Crippen LogP contribution in [0.25, 0.3) is 33.1 Å². The van der Waals surface area contributed by atoms with E-state index >= 15 is 0 Å². The average molecular weight is 383 g/mol. The quantitative estimate of drug-likeness (QED) is 0.450. The van der Waals surface area contributed by atoms with Gasteiger partial charge in [-0.3, -0.25) is 0 Å². The fourth-order valence-corrected chi connectivity index (χ4v) is 3.16. The van der Waals surface area contributed by atoms with Gasteiger partial charge in [0.2, 0.25) is 0 Å². The molecule has 0 bridgehead atoms. The molecule has 0 amide bonds. The maximum Gasteiger partial charge on any atom is 0.344 e. The number of benzene rings is 2. The Morgan fingerprint density at radius 3 is 2.50 bits per heavy atom. The molecule has 0 N–H and O–H groups in total. The van der Waals surface area contributed by atoms with Crippen LogP contribution < -0.4 is 11.3 Å². The molecule has 5 heteroatoms. The highest BCUT2D eigenvalue weighted by Gasteiger charge is 2.10. The predicted molar refractivity (Wildman–Crippen MR) is 96.4 cm³/mol. The third-order valence-corrected chi connectivity index (χ3v) is 4.45. The lowest BCUT2D eigenvalue weighted by atomic mass is 10.0. The van der Waals surface area contributed by atoms with Crippen LogP contribution in [0.4, 0.5) is 0 Å². The van der Waals surface area contributed by atoms with Crippen molar-refractivity contribution in [3.8, 4) is 11.1 Å². The van der Waals surface area contributed by atoms with E-state index < -0.39 is 5.63 Å². The fraction of sp³-hybridized carbons (Fsp3) is 0.0526. The molecule has 0 atom stereocenters. The lowest BCUT2D eigenvalue weighted by Crippen LogP contribution is -2.03. The summed E-state index contributed by atoms with van der Waals surface area (Å²) in [4.78, 5) is 23.8. The third-order valence-electron chi connectivity index (χ3n) is 3.95. The third kappa shape index (κ3) is 2.47. The molecule has 24 heavy (non-hydrogen) atoms. The predicted octanol–water partition coefficient (Wildman–Crippen LogP) is 4.64. The first-order chi connectivity index (χ1) is 11.5. The van der Waals surface area contributed by atoms with Crippen LogP contribution in [0.1, 0.15) is 5.56 Å². The van der Waals surface area contributed by atoms with Crippen molar-refractivity contribution in [2.45, 2.75) is 6.92 Å². The molecular weight excluding hydrogens is 372 g/mol. The SMILES string of the molecule is Cc1cc(=O)oc2ccc(-c3cc4cc(Br)ccc4oc3=O)cc12. The van der Waals surface area contributed by atoms with Gasteiger partial charge >= 0.3 is 11.3 Å². The van der Waals surface area contributed by atoms with Gasteiger partial charge in [0, 0.05) is 21.3 Å². The van der Waals surface area contributed by atoms with Crippen molar-refractivity contribution >= 4 is 37.9 Å². The first kappa shape index (κ1) is 14.9. The topological polar surface area (TPSA) is 60.4 Å². The Hall–Kier alpha value is -2.66. The van der Waals surface area contributed by atoms with Gasteiger partial charge < -0.3 is 8.83 Å². The van der Waals surface area contributed by atoms with E-state index in [-0.39, 0.29) is 5.63 Å². The highest BCUT2D eigenvalue weighted by atomic mass is 79.9. The number of hydrogen-bond acceptors (Lipinski definition) is 4. The molecule has 4 nitrogen and oxygen atoms in total. The molecule has 2 heterocycles. The first-order valence-electron chi connectivity index (χ1n) is 7.29. The standard InChI is InChI=1S/C19H11BrO4/c1-10-6-18(21)23-17-4-2-11(8-14(10)17)15-9-12-7-13(20)3-5-16(12)24-19(15)22/h2-9H,1H3. The summed E-state index contributed by atoms with van der Waals surface area (Å²) in [6, 6.07) is 14.0. The maximum atomic E-state index is 12.3. The molecule has 2 aromatic carbocycles. The van der Waals surface area contributed by atoms with Crippen LogP contribution in [0.5, 0.6) is 0 Å². The largest absolute Gasteiger partial charge is 0.423 e. The molecular formula is C19H11BrO4. The summed E-state index contributed by atoms with van der Waals surface area (Å²) in [5.74, 6) is 0. The molecule has 4 aromatic rings. The molecule has 0 aliphatic rings. The summed E-state index contributed by atoms with van der Waals surface area (Å²) in [5.41, 5.74) is 2.23. The summed E-state index contributed by atoms with van der Waals surface area (Å²) in [5, 5.41) is 1.62. The molecule has 0 aliphatic heterocycles. The molecule has 0 fully saturated rings. The van der Waals surface area contributed by atoms with Crippen LogP contribution >= 0.6 is 15.9 Å². The van der Waals surface area contributed by atoms with Gasteiger partial charge in [0.1, 0.15) is 11.2 Å². The van der Waals surface area contributed by atoms with Crippen molar-refractivity contribution in [3.05, 3.63) is 79.4 Å². The van der Waals surface area contributed by atoms with Crippen LogP contribution in [-0.2, 0) is 0 Å². The summed E-state index contributed by atoms with van der Waals surface area (Å²) < 4.78 is 11.5. The average Bonchev–Trinajstić information content (AvgIpc) is 2.54. The van der Waals surface area contributed by atoms with Gasteiger partial charge in [-0.15, -0.1) is 0 Å².